The van der Waals surface area contributed by atoms with Gasteiger partial charge in [-0.3, -0.25) is 14.6 Å². The SMILES string of the molecule is COCCC[C@@H]1CCCN(C(=O)Cc2c[nH]c(=O)[nH]c2=O)C1. The first-order chi connectivity index (χ1) is 10.6. The number of hydrogen-bond donors (Lipinski definition) is 2. The minimum atomic E-state index is -0.558. The lowest BCUT2D eigenvalue weighted by atomic mass is 9.93. The van der Waals surface area contributed by atoms with Crippen LogP contribution in [-0.4, -0.2) is 47.6 Å². The van der Waals surface area contributed by atoms with Gasteiger partial charge >= 0.3 is 5.69 Å². The first-order valence-corrected chi connectivity index (χ1v) is 7.67. The maximum absolute atomic E-state index is 12.3. The molecule has 1 aliphatic rings. The molecule has 0 aromatic carbocycles. The highest BCUT2D eigenvalue weighted by molar-refractivity contribution is 5.78. The van der Waals surface area contributed by atoms with Crippen LogP contribution >= 0.6 is 0 Å². The zero-order valence-electron chi connectivity index (χ0n) is 12.9. The van der Waals surface area contributed by atoms with Crippen LogP contribution in [0, 0.1) is 5.92 Å². The molecule has 0 spiro atoms. The van der Waals surface area contributed by atoms with Gasteiger partial charge in [-0.15, -0.1) is 0 Å². The molecule has 0 saturated carbocycles. The van der Waals surface area contributed by atoms with Crippen LogP contribution in [0.3, 0.4) is 0 Å². The molecule has 122 valence electrons. The number of methoxy groups -OCH3 is 1. The van der Waals surface area contributed by atoms with Crippen molar-refractivity contribution in [3.05, 3.63) is 32.6 Å². The van der Waals surface area contributed by atoms with Crippen LogP contribution in [0.4, 0.5) is 0 Å². The second-order valence-electron chi connectivity index (χ2n) is 5.76. The highest BCUT2D eigenvalue weighted by atomic mass is 16.5. The van der Waals surface area contributed by atoms with E-state index in [4.69, 9.17) is 4.74 Å². The Bertz CT molecular complexity index is 607. The number of H-pyrrole nitrogens is 2. The third kappa shape index (κ3) is 4.56. The van der Waals surface area contributed by atoms with Gasteiger partial charge in [-0.25, -0.2) is 4.79 Å². The van der Waals surface area contributed by atoms with E-state index in [0.717, 1.165) is 45.4 Å². The lowest BCUT2D eigenvalue weighted by Gasteiger charge is -2.33. The summed E-state index contributed by atoms with van der Waals surface area (Å²) in [5, 5.41) is 0. The Balaban J connectivity index is 1.91. The lowest BCUT2D eigenvalue weighted by Crippen LogP contribution is -2.41. The van der Waals surface area contributed by atoms with Gasteiger partial charge in [0.05, 0.1) is 6.42 Å². The van der Waals surface area contributed by atoms with Gasteiger partial charge in [0.1, 0.15) is 0 Å². The van der Waals surface area contributed by atoms with Gasteiger partial charge in [-0.2, -0.15) is 0 Å². The van der Waals surface area contributed by atoms with Crippen molar-refractivity contribution in [1.82, 2.24) is 14.9 Å². The second kappa shape index (κ2) is 7.93. The molecule has 22 heavy (non-hydrogen) atoms. The van der Waals surface area contributed by atoms with Crippen molar-refractivity contribution in [3.8, 4) is 0 Å². The molecule has 0 unspecified atom stereocenters. The van der Waals surface area contributed by atoms with Gasteiger partial charge in [0.15, 0.2) is 0 Å². The number of aromatic amines is 2. The van der Waals surface area contributed by atoms with Crippen molar-refractivity contribution in [2.45, 2.75) is 32.1 Å². The van der Waals surface area contributed by atoms with E-state index in [1.165, 1.54) is 6.20 Å². The molecule has 7 heteroatoms. The van der Waals surface area contributed by atoms with Crippen molar-refractivity contribution in [1.29, 1.82) is 0 Å². The van der Waals surface area contributed by atoms with Crippen molar-refractivity contribution >= 4 is 5.91 Å². The largest absolute Gasteiger partial charge is 0.385 e. The highest BCUT2D eigenvalue weighted by Gasteiger charge is 2.23. The molecule has 0 aliphatic carbocycles. The zero-order chi connectivity index (χ0) is 15.9. The molecule has 1 aromatic heterocycles. The first kappa shape index (κ1) is 16.5. The Morgan fingerprint density at radius 3 is 3.00 bits per heavy atom. The number of carbonyl (C=O) groups is 1. The van der Waals surface area contributed by atoms with Crippen LogP contribution in [0.1, 0.15) is 31.2 Å². The second-order valence-corrected chi connectivity index (χ2v) is 5.76. The molecular weight excluding hydrogens is 286 g/mol. The monoisotopic (exact) mass is 309 g/mol. The van der Waals surface area contributed by atoms with Crippen molar-refractivity contribution in [2.24, 2.45) is 5.92 Å². The first-order valence-electron chi connectivity index (χ1n) is 7.67. The number of hydrogen-bond acceptors (Lipinski definition) is 4. The number of ether oxygens (including phenoxy) is 1. The van der Waals surface area contributed by atoms with Crippen LogP contribution in [-0.2, 0) is 16.0 Å². The summed E-state index contributed by atoms with van der Waals surface area (Å²) in [6.07, 6.45) is 5.52. The Kier molecular flexibility index (Phi) is 5.94. The Morgan fingerprint density at radius 2 is 2.27 bits per heavy atom. The van der Waals surface area contributed by atoms with Crippen molar-refractivity contribution < 1.29 is 9.53 Å². The summed E-state index contributed by atoms with van der Waals surface area (Å²) in [6, 6.07) is 0. The van der Waals surface area contributed by atoms with Crippen molar-refractivity contribution in [3.63, 3.8) is 0 Å². The molecule has 0 radical (unpaired) electrons. The van der Waals surface area contributed by atoms with E-state index < -0.39 is 11.2 Å². The number of aromatic nitrogens is 2. The summed E-state index contributed by atoms with van der Waals surface area (Å²) in [7, 11) is 1.69. The van der Waals surface area contributed by atoms with E-state index in [2.05, 4.69) is 9.97 Å². The number of nitrogens with zero attached hydrogens (tertiary/aromatic N) is 1. The minimum absolute atomic E-state index is 0.0247. The zero-order valence-corrected chi connectivity index (χ0v) is 12.9. The number of carbonyl (C=O) groups excluding carboxylic acids is 1. The number of nitrogens with one attached hydrogen (secondary N) is 2. The summed E-state index contributed by atoms with van der Waals surface area (Å²) < 4.78 is 5.06. The number of likely N-dealkylation sites (tertiary alicyclic amines) is 1. The number of rotatable bonds is 6. The lowest BCUT2D eigenvalue weighted by molar-refractivity contribution is -0.132. The molecule has 1 atom stereocenters. The standard InChI is InChI=1S/C15H23N3O4/c1-22-7-3-5-11-4-2-6-18(10-11)13(19)8-12-9-16-15(21)17-14(12)20/h9,11H,2-8,10H2,1H3,(H2,16,17,20,21)/t11-/m0/s1. The van der Waals surface area contributed by atoms with Crippen LogP contribution in [0.5, 0.6) is 0 Å². The van der Waals surface area contributed by atoms with E-state index in [-0.39, 0.29) is 12.3 Å². The van der Waals surface area contributed by atoms with E-state index in [0.29, 0.717) is 11.5 Å². The smallest absolute Gasteiger partial charge is 0.325 e. The Hall–Kier alpha value is -1.89. The molecule has 2 heterocycles. The maximum atomic E-state index is 12.3. The number of amides is 1. The van der Waals surface area contributed by atoms with Crippen LogP contribution in [0.25, 0.3) is 0 Å². The summed E-state index contributed by atoms with van der Waals surface area (Å²) in [4.78, 5) is 41.3. The van der Waals surface area contributed by atoms with E-state index >= 15 is 0 Å². The van der Waals surface area contributed by atoms with E-state index in [9.17, 15) is 14.4 Å². The molecule has 2 N–H and O–H groups in total. The van der Waals surface area contributed by atoms with Gasteiger partial charge in [-0.05, 0) is 31.6 Å². The quantitative estimate of drug-likeness (QED) is 0.737. The Labute approximate surface area is 128 Å². The summed E-state index contributed by atoms with van der Waals surface area (Å²) in [5.41, 5.74) is -0.755. The van der Waals surface area contributed by atoms with Gasteiger partial charge in [0.2, 0.25) is 5.91 Å². The molecule has 0 bridgehead atoms. The van der Waals surface area contributed by atoms with E-state index in [1.54, 1.807) is 7.11 Å². The van der Waals surface area contributed by atoms with Gasteiger partial charge in [0, 0.05) is 38.6 Å². The van der Waals surface area contributed by atoms with Crippen LogP contribution < -0.4 is 11.2 Å². The van der Waals surface area contributed by atoms with Crippen LogP contribution in [0.15, 0.2) is 15.8 Å². The number of piperidine rings is 1. The van der Waals surface area contributed by atoms with Crippen LogP contribution in [0.2, 0.25) is 0 Å². The maximum Gasteiger partial charge on any atom is 0.325 e. The summed E-state index contributed by atoms with van der Waals surface area (Å²) in [5.74, 6) is 0.440. The molecule has 1 fully saturated rings. The molecule has 1 amide bonds. The average molecular weight is 309 g/mol. The predicted octanol–water partition coefficient (Wildman–Crippen LogP) is 0.271. The summed E-state index contributed by atoms with van der Waals surface area (Å²) in [6.45, 7) is 2.22. The fourth-order valence-electron chi connectivity index (χ4n) is 2.89. The molecule has 1 aliphatic heterocycles. The third-order valence-corrected chi connectivity index (χ3v) is 4.07. The average Bonchev–Trinajstić information content (AvgIpc) is 2.50. The molecule has 2 rings (SSSR count). The Morgan fingerprint density at radius 1 is 1.45 bits per heavy atom. The highest BCUT2D eigenvalue weighted by Crippen LogP contribution is 2.21. The molecule has 7 nitrogen and oxygen atoms in total. The van der Waals surface area contributed by atoms with Gasteiger partial charge in [0.25, 0.3) is 5.56 Å². The van der Waals surface area contributed by atoms with Gasteiger partial charge < -0.3 is 14.6 Å². The predicted molar refractivity (Wildman–Crippen MR) is 81.8 cm³/mol. The normalized spacial score (nSPS) is 18.4. The molecular formula is C15H23N3O4. The summed E-state index contributed by atoms with van der Waals surface area (Å²) >= 11 is 0. The van der Waals surface area contributed by atoms with Gasteiger partial charge in [-0.1, -0.05) is 0 Å². The fraction of sp³-hybridized carbons (Fsp3) is 0.667. The minimum Gasteiger partial charge on any atom is -0.385 e. The molecule has 1 aromatic rings. The van der Waals surface area contributed by atoms with E-state index in [1.807, 2.05) is 4.90 Å². The topological polar surface area (TPSA) is 95.3 Å². The van der Waals surface area contributed by atoms with Crippen molar-refractivity contribution in [2.75, 3.05) is 26.8 Å². The molecule has 1 saturated heterocycles. The third-order valence-electron chi connectivity index (χ3n) is 4.07. The fourth-order valence-corrected chi connectivity index (χ4v) is 2.89.